The van der Waals surface area contributed by atoms with Crippen molar-refractivity contribution in [3.05, 3.63) is 39.7 Å². The SMILES string of the molecule is O=[N+]([O-])c1ccc(CCl)cc1F. The molecule has 0 N–H and O–H groups in total. The van der Waals surface area contributed by atoms with Crippen LogP contribution in [0.1, 0.15) is 5.56 Å². The first-order chi connectivity index (χ1) is 5.65. The van der Waals surface area contributed by atoms with Crippen molar-refractivity contribution in [1.82, 2.24) is 0 Å². The first-order valence-corrected chi connectivity index (χ1v) is 3.67. The minimum Gasteiger partial charge on any atom is -0.258 e. The van der Waals surface area contributed by atoms with Gasteiger partial charge in [-0.05, 0) is 11.6 Å². The molecule has 0 spiro atoms. The standard InChI is InChI=1S/C7H5ClFNO2/c8-4-5-1-2-7(10(11)12)6(9)3-5/h1-3H,4H2. The molecule has 64 valence electrons. The quantitative estimate of drug-likeness (QED) is 0.408. The van der Waals surface area contributed by atoms with Crippen LogP contribution in [0.5, 0.6) is 0 Å². The average molecular weight is 190 g/mol. The molecule has 0 aliphatic heterocycles. The molecule has 0 atom stereocenters. The van der Waals surface area contributed by atoms with Gasteiger partial charge in [-0.25, -0.2) is 0 Å². The Hall–Kier alpha value is -1.16. The van der Waals surface area contributed by atoms with E-state index in [1.165, 1.54) is 6.07 Å². The van der Waals surface area contributed by atoms with E-state index in [0.717, 1.165) is 12.1 Å². The average Bonchev–Trinajstić information content (AvgIpc) is 2.03. The van der Waals surface area contributed by atoms with E-state index in [0.29, 0.717) is 5.56 Å². The lowest BCUT2D eigenvalue weighted by Gasteiger charge is -1.95. The molecule has 1 rings (SSSR count). The molecule has 12 heavy (non-hydrogen) atoms. The van der Waals surface area contributed by atoms with E-state index in [1.54, 1.807) is 0 Å². The highest BCUT2D eigenvalue weighted by Gasteiger charge is 2.12. The van der Waals surface area contributed by atoms with Gasteiger partial charge in [0.1, 0.15) is 0 Å². The van der Waals surface area contributed by atoms with Crippen molar-refractivity contribution >= 4 is 17.3 Å². The molecule has 0 radical (unpaired) electrons. The van der Waals surface area contributed by atoms with Crippen molar-refractivity contribution in [3.63, 3.8) is 0 Å². The van der Waals surface area contributed by atoms with Crippen molar-refractivity contribution in [2.24, 2.45) is 0 Å². The predicted octanol–water partition coefficient (Wildman–Crippen LogP) is 2.47. The predicted molar refractivity (Wildman–Crippen MR) is 42.6 cm³/mol. The number of benzene rings is 1. The Morgan fingerprint density at radius 3 is 2.67 bits per heavy atom. The van der Waals surface area contributed by atoms with E-state index in [-0.39, 0.29) is 5.88 Å². The Morgan fingerprint density at radius 1 is 1.58 bits per heavy atom. The lowest BCUT2D eigenvalue weighted by atomic mass is 10.2. The van der Waals surface area contributed by atoms with Gasteiger partial charge in [0.05, 0.1) is 4.92 Å². The smallest absolute Gasteiger partial charge is 0.258 e. The second-order valence-corrected chi connectivity index (χ2v) is 2.44. The maximum absolute atomic E-state index is 12.8. The Balaban J connectivity index is 3.12. The fourth-order valence-corrected chi connectivity index (χ4v) is 0.948. The minimum atomic E-state index is -0.849. The first-order valence-electron chi connectivity index (χ1n) is 3.14. The van der Waals surface area contributed by atoms with Crippen LogP contribution in [0.3, 0.4) is 0 Å². The zero-order valence-electron chi connectivity index (χ0n) is 5.96. The van der Waals surface area contributed by atoms with Gasteiger partial charge in [0.2, 0.25) is 5.82 Å². The highest BCUT2D eigenvalue weighted by Crippen LogP contribution is 2.18. The van der Waals surface area contributed by atoms with Crippen molar-refractivity contribution < 1.29 is 9.31 Å². The summed E-state index contributed by atoms with van der Waals surface area (Å²) in [4.78, 5) is 9.38. The molecule has 0 aromatic heterocycles. The zero-order valence-corrected chi connectivity index (χ0v) is 6.71. The van der Waals surface area contributed by atoms with E-state index in [1.807, 2.05) is 0 Å². The highest BCUT2D eigenvalue weighted by atomic mass is 35.5. The lowest BCUT2D eigenvalue weighted by Crippen LogP contribution is -1.92. The van der Waals surface area contributed by atoms with Gasteiger partial charge in [-0.3, -0.25) is 10.1 Å². The number of nitrogens with zero attached hydrogens (tertiary/aromatic N) is 1. The summed E-state index contributed by atoms with van der Waals surface area (Å²) < 4.78 is 12.8. The summed E-state index contributed by atoms with van der Waals surface area (Å²) >= 11 is 5.39. The second-order valence-electron chi connectivity index (χ2n) is 2.18. The van der Waals surface area contributed by atoms with E-state index < -0.39 is 16.4 Å². The summed E-state index contributed by atoms with van der Waals surface area (Å²) in [6, 6.07) is 3.59. The van der Waals surface area contributed by atoms with E-state index in [2.05, 4.69) is 0 Å². The summed E-state index contributed by atoms with van der Waals surface area (Å²) in [5, 5.41) is 10.2. The molecular formula is C7H5ClFNO2. The topological polar surface area (TPSA) is 43.1 Å². The number of alkyl halides is 1. The number of nitro benzene ring substituents is 1. The van der Waals surface area contributed by atoms with Gasteiger partial charge in [-0.15, -0.1) is 11.6 Å². The molecular weight excluding hydrogens is 185 g/mol. The number of rotatable bonds is 2. The second kappa shape index (κ2) is 3.49. The molecule has 0 unspecified atom stereocenters. The van der Waals surface area contributed by atoms with E-state index >= 15 is 0 Å². The van der Waals surface area contributed by atoms with Gasteiger partial charge in [0.25, 0.3) is 0 Å². The van der Waals surface area contributed by atoms with Crippen LogP contribution in [0.2, 0.25) is 0 Å². The van der Waals surface area contributed by atoms with Gasteiger partial charge in [-0.1, -0.05) is 6.07 Å². The fourth-order valence-electron chi connectivity index (χ4n) is 0.782. The first kappa shape index (κ1) is 8.93. The largest absolute Gasteiger partial charge is 0.304 e. The van der Waals surface area contributed by atoms with E-state index in [9.17, 15) is 14.5 Å². The van der Waals surface area contributed by atoms with Crippen LogP contribution in [0.25, 0.3) is 0 Å². The highest BCUT2D eigenvalue weighted by molar-refractivity contribution is 6.17. The monoisotopic (exact) mass is 189 g/mol. The van der Waals surface area contributed by atoms with Gasteiger partial charge in [0, 0.05) is 11.9 Å². The third-order valence-corrected chi connectivity index (χ3v) is 1.67. The molecule has 0 fully saturated rings. The summed E-state index contributed by atoms with van der Waals surface area (Å²) in [6.45, 7) is 0. The van der Waals surface area contributed by atoms with Crippen molar-refractivity contribution in [2.45, 2.75) is 5.88 Å². The molecule has 0 saturated carbocycles. The van der Waals surface area contributed by atoms with Crippen molar-refractivity contribution in [2.75, 3.05) is 0 Å². The molecule has 5 heteroatoms. The Labute approximate surface area is 72.9 Å². The third-order valence-electron chi connectivity index (χ3n) is 1.36. The molecule has 0 bridgehead atoms. The Bertz CT molecular complexity index is 316. The van der Waals surface area contributed by atoms with Crippen LogP contribution in [0.15, 0.2) is 18.2 Å². The van der Waals surface area contributed by atoms with Gasteiger partial charge in [0.15, 0.2) is 0 Å². The minimum absolute atomic E-state index is 0.148. The van der Waals surface area contributed by atoms with Crippen LogP contribution in [-0.4, -0.2) is 4.92 Å². The molecule has 0 aliphatic rings. The maximum atomic E-state index is 12.8. The lowest BCUT2D eigenvalue weighted by molar-refractivity contribution is -0.387. The molecule has 1 aromatic carbocycles. The molecule has 0 saturated heterocycles. The zero-order chi connectivity index (χ0) is 9.14. The molecule has 3 nitrogen and oxygen atoms in total. The van der Waals surface area contributed by atoms with Gasteiger partial charge in [-0.2, -0.15) is 4.39 Å². The van der Waals surface area contributed by atoms with Crippen LogP contribution < -0.4 is 0 Å². The van der Waals surface area contributed by atoms with Crippen molar-refractivity contribution in [1.29, 1.82) is 0 Å². The summed E-state index contributed by atoms with van der Waals surface area (Å²) in [5.41, 5.74) is 0.00336. The summed E-state index contributed by atoms with van der Waals surface area (Å²) in [7, 11) is 0. The summed E-state index contributed by atoms with van der Waals surface area (Å²) in [5.74, 6) is -0.701. The fraction of sp³-hybridized carbons (Fsp3) is 0.143. The normalized spacial score (nSPS) is 9.83. The number of halogens is 2. The molecule has 0 amide bonds. The number of nitro groups is 1. The Morgan fingerprint density at radius 2 is 2.25 bits per heavy atom. The van der Waals surface area contributed by atoms with Crippen LogP contribution in [0, 0.1) is 15.9 Å². The van der Waals surface area contributed by atoms with E-state index in [4.69, 9.17) is 11.6 Å². The third kappa shape index (κ3) is 1.71. The van der Waals surface area contributed by atoms with Gasteiger partial charge < -0.3 is 0 Å². The van der Waals surface area contributed by atoms with Crippen LogP contribution in [0.4, 0.5) is 10.1 Å². The Kier molecular flexibility index (Phi) is 2.60. The molecule has 1 aromatic rings. The molecule has 0 aliphatic carbocycles. The maximum Gasteiger partial charge on any atom is 0.304 e. The summed E-state index contributed by atoms with van der Waals surface area (Å²) in [6.07, 6.45) is 0. The number of hydrogen-bond acceptors (Lipinski definition) is 2. The van der Waals surface area contributed by atoms with Crippen molar-refractivity contribution in [3.8, 4) is 0 Å². The van der Waals surface area contributed by atoms with Crippen LogP contribution >= 0.6 is 11.6 Å². The van der Waals surface area contributed by atoms with Gasteiger partial charge >= 0.3 is 5.69 Å². The van der Waals surface area contributed by atoms with Crippen LogP contribution in [-0.2, 0) is 5.88 Å². The molecule has 0 heterocycles. The number of hydrogen-bond donors (Lipinski definition) is 0.